The van der Waals surface area contributed by atoms with Gasteiger partial charge in [0.2, 0.25) is 15.9 Å². The molecule has 1 N–H and O–H groups in total. The molecule has 1 heterocycles. The number of carbonyl (C=O) groups excluding carboxylic acids is 1. The van der Waals surface area contributed by atoms with Crippen LogP contribution in [0.5, 0.6) is 0 Å². The van der Waals surface area contributed by atoms with Crippen molar-refractivity contribution >= 4 is 21.6 Å². The van der Waals surface area contributed by atoms with Crippen molar-refractivity contribution in [3.8, 4) is 0 Å². The first-order chi connectivity index (χ1) is 14.8. The standard InChI is InChI=1S/C22H24F4N2O3S/c1-13-9-14(2)20(15(3)10-13)32(30,31)28-8-4-5-16(12-28)21(29)27-17-6-7-19(23)18(11-17)22(24,25)26/h6-7,9-11,16H,4-5,8,12H2,1-3H3,(H,27,29). The molecule has 3 rings (SSSR count). The van der Waals surface area contributed by atoms with Crippen molar-refractivity contribution in [1.29, 1.82) is 0 Å². The van der Waals surface area contributed by atoms with Crippen molar-refractivity contribution in [2.45, 2.75) is 44.7 Å². The number of rotatable bonds is 4. The molecule has 1 amide bonds. The van der Waals surface area contributed by atoms with E-state index in [1.807, 2.05) is 6.92 Å². The molecule has 0 aliphatic carbocycles. The van der Waals surface area contributed by atoms with Gasteiger partial charge in [-0.25, -0.2) is 12.8 Å². The van der Waals surface area contributed by atoms with E-state index in [0.717, 1.165) is 11.6 Å². The first kappa shape index (κ1) is 24.2. The number of piperidine rings is 1. The SMILES string of the molecule is Cc1cc(C)c(S(=O)(=O)N2CCCC(C(=O)Nc3ccc(F)c(C(F)(F)F)c3)C2)c(C)c1. The third-order valence-corrected chi connectivity index (χ3v) is 7.67. The van der Waals surface area contributed by atoms with E-state index in [9.17, 15) is 30.8 Å². The quantitative estimate of drug-likeness (QED) is 0.650. The van der Waals surface area contributed by atoms with Gasteiger partial charge in [-0.1, -0.05) is 17.7 Å². The Labute approximate surface area is 184 Å². The number of hydrogen-bond acceptors (Lipinski definition) is 3. The zero-order chi connectivity index (χ0) is 23.8. The van der Waals surface area contributed by atoms with Crippen molar-refractivity contribution in [3.63, 3.8) is 0 Å². The van der Waals surface area contributed by atoms with Gasteiger partial charge in [0.05, 0.1) is 16.4 Å². The lowest BCUT2D eigenvalue weighted by Crippen LogP contribution is -2.44. The predicted molar refractivity (Wildman–Crippen MR) is 112 cm³/mol. The van der Waals surface area contributed by atoms with E-state index in [1.54, 1.807) is 26.0 Å². The maximum atomic E-state index is 13.5. The van der Waals surface area contributed by atoms with Crippen molar-refractivity contribution in [2.24, 2.45) is 5.92 Å². The second-order valence-electron chi connectivity index (χ2n) is 8.11. The van der Waals surface area contributed by atoms with Gasteiger partial charge in [0.25, 0.3) is 0 Å². The average Bonchev–Trinajstić information content (AvgIpc) is 2.67. The Morgan fingerprint density at radius 2 is 1.72 bits per heavy atom. The second kappa shape index (κ2) is 8.82. The van der Waals surface area contributed by atoms with E-state index in [1.165, 1.54) is 4.31 Å². The molecular weight excluding hydrogens is 448 g/mol. The fourth-order valence-electron chi connectivity index (χ4n) is 4.14. The van der Waals surface area contributed by atoms with Crippen LogP contribution in [-0.4, -0.2) is 31.7 Å². The number of nitrogens with one attached hydrogen (secondary N) is 1. The van der Waals surface area contributed by atoms with Crippen molar-refractivity contribution in [1.82, 2.24) is 4.31 Å². The summed E-state index contributed by atoms with van der Waals surface area (Å²) in [6.45, 7) is 5.46. The molecule has 1 unspecified atom stereocenters. The summed E-state index contributed by atoms with van der Waals surface area (Å²) >= 11 is 0. The topological polar surface area (TPSA) is 66.5 Å². The molecule has 0 bridgehead atoms. The predicted octanol–water partition coefficient (Wildman–Crippen LogP) is 4.81. The van der Waals surface area contributed by atoms with Crippen LogP contribution < -0.4 is 5.32 Å². The van der Waals surface area contributed by atoms with E-state index in [2.05, 4.69) is 5.32 Å². The number of nitrogens with zero attached hydrogens (tertiary/aromatic N) is 1. The molecule has 1 fully saturated rings. The monoisotopic (exact) mass is 472 g/mol. The number of hydrogen-bond donors (Lipinski definition) is 1. The number of aryl methyl sites for hydroxylation is 3. The summed E-state index contributed by atoms with van der Waals surface area (Å²) in [4.78, 5) is 12.9. The molecule has 2 aromatic carbocycles. The van der Waals surface area contributed by atoms with Gasteiger partial charge < -0.3 is 5.32 Å². The number of halogens is 4. The fraction of sp³-hybridized carbons (Fsp3) is 0.409. The highest BCUT2D eigenvalue weighted by Crippen LogP contribution is 2.34. The number of sulfonamides is 1. The van der Waals surface area contributed by atoms with E-state index < -0.39 is 39.4 Å². The molecule has 10 heteroatoms. The van der Waals surface area contributed by atoms with Gasteiger partial charge in [0.15, 0.2) is 0 Å². The third kappa shape index (κ3) is 4.96. The number of benzene rings is 2. The Morgan fingerprint density at radius 1 is 1.09 bits per heavy atom. The van der Waals surface area contributed by atoms with Crippen LogP contribution >= 0.6 is 0 Å². The Morgan fingerprint density at radius 3 is 2.31 bits per heavy atom. The van der Waals surface area contributed by atoms with Gasteiger partial charge in [-0.3, -0.25) is 4.79 Å². The van der Waals surface area contributed by atoms with Crippen LogP contribution in [0.1, 0.15) is 35.1 Å². The number of amides is 1. The molecule has 32 heavy (non-hydrogen) atoms. The molecule has 0 radical (unpaired) electrons. The lowest BCUT2D eigenvalue weighted by molar-refractivity contribution is -0.140. The number of carbonyl (C=O) groups is 1. The lowest BCUT2D eigenvalue weighted by atomic mass is 9.98. The minimum Gasteiger partial charge on any atom is -0.326 e. The summed E-state index contributed by atoms with van der Waals surface area (Å²) in [5, 5.41) is 2.37. The lowest BCUT2D eigenvalue weighted by Gasteiger charge is -2.32. The molecule has 174 valence electrons. The van der Waals surface area contributed by atoms with Crippen LogP contribution in [0.2, 0.25) is 0 Å². The number of anilines is 1. The molecule has 5 nitrogen and oxygen atoms in total. The zero-order valence-electron chi connectivity index (χ0n) is 17.9. The highest BCUT2D eigenvalue weighted by Gasteiger charge is 2.36. The highest BCUT2D eigenvalue weighted by atomic mass is 32.2. The van der Waals surface area contributed by atoms with Gasteiger partial charge in [0, 0.05) is 18.8 Å². The van der Waals surface area contributed by atoms with Crippen LogP contribution in [0.3, 0.4) is 0 Å². The Hall–Kier alpha value is -2.46. The summed E-state index contributed by atoms with van der Waals surface area (Å²) in [6.07, 6.45) is -4.08. The average molecular weight is 473 g/mol. The summed E-state index contributed by atoms with van der Waals surface area (Å²) < 4.78 is 80.1. The molecule has 1 atom stereocenters. The van der Waals surface area contributed by atoms with Crippen molar-refractivity contribution < 1.29 is 30.8 Å². The fourth-order valence-corrected chi connectivity index (χ4v) is 6.08. The van der Waals surface area contributed by atoms with Gasteiger partial charge in [0.1, 0.15) is 5.82 Å². The first-order valence-corrected chi connectivity index (χ1v) is 11.5. The third-order valence-electron chi connectivity index (χ3n) is 5.50. The Bertz CT molecular complexity index is 1120. The molecule has 0 saturated carbocycles. The molecular formula is C22H24F4N2O3S. The van der Waals surface area contributed by atoms with Crippen LogP contribution in [0.4, 0.5) is 23.2 Å². The highest BCUT2D eigenvalue weighted by molar-refractivity contribution is 7.89. The van der Waals surface area contributed by atoms with Crippen LogP contribution in [0, 0.1) is 32.5 Å². The summed E-state index contributed by atoms with van der Waals surface area (Å²) in [5.74, 6) is -2.79. The molecule has 1 aliphatic rings. The molecule has 0 aromatic heterocycles. The van der Waals surface area contributed by atoms with Crippen molar-refractivity contribution in [3.05, 3.63) is 58.4 Å². The molecule has 2 aromatic rings. The van der Waals surface area contributed by atoms with Crippen molar-refractivity contribution in [2.75, 3.05) is 18.4 Å². The minimum absolute atomic E-state index is 0.0890. The van der Waals surface area contributed by atoms with Crippen LogP contribution in [-0.2, 0) is 21.0 Å². The second-order valence-corrected chi connectivity index (χ2v) is 9.99. The molecule has 1 aliphatic heterocycles. The van der Waals surface area contributed by atoms with E-state index in [0.29, 0.717) is 36.1 Å². The van der Waals surface area contributed by atoms with Gasteiger partial charge in [-0.2, -0.15) is 17.5 Å². The zero-order valence-corrected chi connectivity index (χ0v) is 18.7. The smallest absolute Gasteiger partial charge is 0.326 e. The number of alkyl halides is 3. The van der Waals surface area contributed by atoms with Gasteiger partial charge in [-0.15, -0.1) is 0 Å². The largest absolute Gasteiger partial charge is 0.419 e. The molecule has 0 spiro atoms. The first-order valence-electron chi connectivity index (χ1n) is 10.1. The Kier molecular flexibility index (Phi) is 6.67. The van der Waals surface area contributed by atoms with E-state index in [-0.39, 0.29) is 23.7 Å². The van der Waals surface area contributed by atoms with E-state index >= 15 is 0 Å². The summed E-state index contributed by atoms with van der Waals surface area (Å²) in [7, 11) is -3.86. The summed E-state index contributed by atoms with van der Waals surface area (Å²) in [5.41, 5.74) is 0.481. The summed E-state index contributed by atoms with van der Waals surface area (Å²) in [6, 6.07) is 5.77. The molecule has 1 saturated heterocycles. The Balaban J connectivity index is 1.80. The van der Waals surface area contributed by atoms with Gasteiger partial charge in [-0.05, 0) is 62.9 Å². The minimum atomic E-state index is -4.90. The van der Waals surface area contributed by atoms with Gasteiger partial charge >= 0.3 is 6.18 Å². The van der Waals surface area contributed by atoms with Crippen LogP contribution in [0.15, 0.2) is 35.2 Å². The van der Waals surface area contributed by atoms with Crippen LogP contribution in [0.25, 0.3) is 0 Å². The maximum absolute atomic E-state index is 13.5. The maximum Gasteiger partial charge on any atom is 0.419 e. The normalized spacial score (nSPS) is 17.9. The van der Waals surface area contributed by atoms with E-state index in [4.69, 9.17) is 0 Å².